The van der Waals surface area contributed by atoms with Crippen LogP contribution in [0.2, 0.25) is 0 Å². The Balaban J connectivity index is 1.46. The zero-order chi connectivity index (χ0) is 19.9. The molecule has 1 fully saturated rings. The van der Waals surface area contributed by atoms with Crippen molar-refractivity contribution in [3.63, 3.8) is 0 Å². The molecule has 7 nitrogen and oxygen atoms in total. The number of aryl methyl sites for hydroxylation is 1. The van der Waals surface area contributed by atoms with Crippen molar-refractivity contribution in [3.05, 3.63) is 42.1 Å². The summed E-state index contributed by atoms with van der Waals surface area (Å²) in [6.45, 7) is 7.70. The molecule has 0 saturated carbocycles. The number of aliphatic hydroxyl groups excluding tert-OH is 1. The summed E-state index contributed by atoms with van der Waals surface area (Å²) < 4.78 is 2.14. The third kappa shape index (κ3) is 5.10. The molecule has 2 aromatic heterocycles. The molecule has 0 unspecified atom stereocenters. The lowest BCUT2D eigenvalue weighted by Crippen LogP contribution is -2.37. The van der Waals surface area contributed by atoms with Crippen molar-refractivity contribution >= 4 is 11.7 Å². The van der Waals surface area contributed by atoms with Crippen LogP contribution in [0.1, 0.15) is 55.2 Å². The largest absolute Gasteiger partial charge is 0.396 e. The van der Waals surface area contributed by atoms with E-state index in [-0.39, 0.29) is 12.5 Å². The average Bonchev–Trinajstić information content (AvgIpc) is 3.20. The van der Waals surface area contributed by atoms with E-state index in [1.807, 2.05) is 24.5 Å². The number of nitrogens with one attached hydrogen (secondary N) is 1. The number of pyridine rings is 1. The minimum Gasteiger partial charge on any atom is -0.396 e. The van der Waals surface area contributed by atoms with E-state index < -0.39 is 0 Å². The molecular weight excluding hydrogens is 354 g/mol. The summed E-state index contributed by atoms with van der Waals surface area (Å²) in [6.07, 6.45) is 8.42. The van der Waals surface area contributed by atoms with Gasteiger partial charge in [-0.2, -0.15) is 0 Å². The first kappa shape index (κ1) is 20.3. The van der Waals surface area contributed by atoms with Crippen LogP contribution in [0.15, 0.2) is 30.7 Å². The lowest BCUT2D eigenvalue weighted by atomic mass is 9.99. The SMILES string of the molecule is CC(C)c1nccn1CCCNC(=O)c1ccc(N2CCC[C@@H](CO)C2)nc1. The molecule has 0 aromatic carbocycles. The van der Waals surface area contributed by atoms with Gasteiger partial charge < -0.3 is 19.9 Å². The summed E-state index contributed by atoms with van der Waals surface area (Å²) in [6, 6.07) is 3.72. The Morgan fingerprint density at radius 2 is 2.21 bits per heavy atom. The van der Waals surface area contributed by atoms with Gasteiger partial charge in [0.15, 0.2) is 0 Å². The maximum absolute atomic E-state index is 12.4. The molecule has 2 N–H and O–H groups in total. The molecule has 3 rings (SSSR count). The van der Waals surface area contributed by atoms with Gasteiger partial charge in [-0.1, -0.05) is 13.8 Å². The van der Waals surface area contributed by atoms with Crippen molar-refractivity contribution in [2.45, 2.75) is 45.6 Å². The van der Waals surface area contributed by atoms with E-state index in [1.165, 1.54) is 0 Å². The number of hydrogen-bond acceptors (Lipinski definition) is 5. The summed E-state index contributed by atoms with van der Waals surface area (Å²) in [7, 11) is 0. The van der Waals surface area contributed by atoms with Gasteiger partial charge in [0, 0.05) is 57.3 Å². The fourth-order valence-corrected chi connectivity index (χ4v) is 3.69. The monoisotopic (exact) mass is 385 g/mol. The van der Waals surface area contributed by atoms with Gasteiger partial charge in [-0.05, 0) is 37.3 Å². The molecule has 1 saturated heterocycles. The highest BCUT2D eigenvalue weighted by Gasteiger charge is 2.20. The fraction of sp³-hybridized carbons (Fsp3) is 0.571. The highest BCUT2D eigenvalue weighted by molar-refractivity contribution is 5.94. The van der Waals surface area contributed by atoms with Crippen molar-refractivity contribution in [1.29, 1.82) is 0 Å². The predicted molar refractivity (Wildman–Crippen MR) is 110 cm³/mol. The number of imidazole rings is 1. The zero-order valence-corrected chi connectivity index (χ0v) is 16.8. The smallest absolute Gasteiger partial charge is 0.252 e. The first-order chi connectivity index (χ1) is 13.6. The summed E-state index contributed by atoms with van der Waals surface area (Å²) in [5.74, 6) is 2.55. The van der Waals surface area contributed by atoms with Crippen LogP contribution in [0.4, 0.5) is 5.82 Å². The van der Waals surface area contributed by atoms with Crippen LogP contribution in [0, 0.1) is 5.92 Å². The molecule has 0 spiro atoms. The summed E-state index contributed by atoms with van der Waals surface area (Å²) in [5, 5.41) is 12.3. The molecule has 0 radical (unpaired) electrons. The van der Waals surface area contributed by atoms with Gasteiger partial charge in [0.05, 0.1) is 5.56 Å². The third-order valence-corrected chi connectivity index (χ3v) is 5.24. The lowest BCUT2D eigenvalue weighted by molar-refractivity contribution is 0.0952. The second-order valence-corrected chi connectivity index (χ2v) is 7.78. The van der Waals surface area contributed by atoms with Gasteiger partial charge in [-0.3, -0.25) is 4.79 Å². The second kappa shape index (κ2) is 9.68. The van der Waals surface area contributed by atoms with Gasteiger partial charge in [-0.25, -0.2) is 9.97 Å². The topological polar surface area (TPSA) is 83.3 Å². The normalized spacial score (nSPS) is 17.1. The zero-order valence-electron chi connectivity index (χ0n) is 16.8. The number of anilines is 1. The number of aromatic nitrogens is 3. The second-order valence-electron chi connectivity index (χ2n) is 7.78. The first-order valence-electron chi connectivity index (χ1n) is 10.2. The maximum atomic E-state index is 12.4. The van der Waals surface area contributed by atoms with Gasteiger partial charge in [-0.15, -0.1) is 0 Å². The van der Waals surface area contributed by atoms with E-state index in [4.69, 9.17) is 0 Å². The third-order valence-electron chi connectivity index (χ3n) is 5.24. The molecule has 1 aliphatic rings. The lowest BCUT2D eigenvalue weighted by Gasteiger charge is -2.32. The Morgan fingerprint density at radius 3 is 2.93 bits per heavy atom. The Bertz CT molecular complexity index is 756. The standard InChI is InChI=1S/C21H31N5O2/c1-16(2)20-22-9-12-25(20)11-4-8-23-21(28)18-6-7-19(24-13-18)26-10-3-5-17(14-26)15-27/h6-7,9,12-13,16-17,27H,3-5,8,10-11,14-15H2,1-2H3,(H,23,28)/t17-/m1/s1. The predicted octanol–water partition coefficient (Wildman–Crippen LogP) is 2.43. The molecule has 0 bridgehead atoms. The van der Waals surface area contributed by atoms with Crippen molar-refractivity contribution < 1.29 is 9.90 Å². The van der Waals surface area contributed by atoms with Crippen LogP contribution in [0.25, 0.3) is 0 Å². The van der Waals surface area contributed by atoms with E-state index >= 15 is 0 Å². The molecule has 28 heavy (non-hydrogen) atoms. The summed E-state index contributed by atoms with van der Waals surface area (Å²) >= 11 is 0. The van der Waals surface area contributed by atoms with E-state index in [0.717, 1.165) is 50.5 Å². The maximum Gasteiger partial charge on any atom is 0.252 e. The number of nitrogens with zero attached hydrogens (tertiary/aromatic N) is 4. The van der Waals surface area contributed by atoms with Crippen LogP contribution in [-0.2, 0) is 6.54 Å². The molecule has 1 amide bonds. The first-order valence-corrected chi connectivity index (χ1v) is 10.2. The molecular formula is C21H31N5O2. The van der Waals surface area contributed by atoms with Gasteiger partial charge >= 0.3 is 0 Å². The van der Waals surface area contributed by atoms with Crippen molar-refractivity contribution in [2.24, 2.45) is 5.92 Å². The highest BCUT2D eigenvalue weighted by Crippen LogP contribution is 2.21. The number of carbonyl (C=O) groups excluding carboxylic acids is 1. The van der Waals surface area contributed by atoms with Gasteiger partial charge in [0.1, 0.15) is 11.6 Å². The van der Waals surface area contributed by atoms with E-state index in [1.54, 1.807) is 6.20 Å². The number of rotatable bonds is 8. The Kier molecular flexibility index (Phi) is 7.03. The number of piperidine rings is 1. The van der Waals surface area contributed by atoms with Crippen molar-refractivity contribution in [3.8, 4) is 0 Å². The van der Waals surface area contributed by atoms with E-state index in [9.17, 15) is 9.90 Å². The van der Waals surface area contributed by atoms with Crippen molar-refractivity contribution in [1.82, 2.24) is 19.9 Å². The molecule has 0 aliphatic carbocycles. The summed E-state index contributed by atoms with van der Waals surface area (Å²) in [4.78, 5) is 23.4. The number of amides is 1. The molecule has 7 heteroatoms. The van der Waals surface area contributed by atoms with Crippen LogP contribution >= 0.6 is 0 Å². The molecule has 1 atom stereocenters. The quantitative estimate of drug-likeness (QED) is 0.682. The van der Waals surface area contributed by atoms with E-state index in [0.29, 0.717) is 23.9 Å². The van der Waals surface area contributed by atoms with Gasteiger partial charge in [0.2, 0.25) is 0 Å². The summed E-state index contributed by atoms with van der Waals surface area (Å²) in [5.41, 5.74) is 0.574. The van der Waals surface area contributed by atoms with Crippen molar-refractivity contribution in [2.75, 3.05) is 31.1 Å². The van der Waals surface area contributed by atoms with E-state index in [2.05, 4.69) is 38.6 Å². The van der Waals surface area contributed by atoms with Crippen LogP contribution in [-0.4, -0.2) is 51.8 Å². The van der Waals surface area contributed by atoms with Crippen LogP contribution in [0.3, 0.4) is 0 Å². The minimum atomic E-state index is -0.0966. The molecule has 152 valence electrons. The number of hydrogen-bond donors (Lipinski definition) is 2. The van der Waals surface area contributed by atoms with Crippen LogP contribution < -0.4 is 10.2 Å². The molecule has 3 heterocycles. The van der Waals surface area contributed by atoms with Crippen LogP contribution in [0.5, 0.6) is 0 Å². The Labute approximate surface area is 166 Å². The average molecular weight is 386 g/mol. The minimum absolute atomic E-state index is 0.0966. The number of aliphatic hydroxyl groups is 1. The van der Waals surface area contributed by atoms with Gasteiger partial charge in [0.25, 0.3) is 5.91 Å². The highest BCUT2D eigenvalue weighted by atomic mass is 16.3. The Hall–Kier alpha value is -2.41. The Morgan fingerprint density at radius 1 is 1.36 bits per heavy atom. The number of carbonyl (C=O) groups is 1. The fourth-order valence-electron chi connectivity index (χ4n) is 3.69. The molecule has 2 aromatic rings. The molecule has 1 aliphatic heterocycles.